The van der Waals surface area contributed by atoms with Crippen LogP contribution in [0.3, 0.4) is 0 Å². The molecular weight excluding hydrogens is 492 g/mol. The predicted octanol–water partition coefficient (Wildman–Crippen LogP) is 6.04. The van der Waals surface area contributed by atoms with Crippen LogP contribution in [0.2, 0.25) is 0 Å². The molecule has 0 bridgehead atoms. The van der Waals surface area contributed by atoms with Crippen molar-refractivity contribution in [3.8, 4) is 0 Å². The molecule has 1 spiro atoms. The van der Waals surface area contributed by atoms with Crippen LogP contribution >= 0.6 is 11.3 Å². The molecule has 3 aromatic carbocycles. The highest BCUT2D eigenvalue weighted by atomic mass is 32.1. The van der Waals surface area contributed by atoms with Crippen molar-refractivity contribution >= 4 is 40.6 Å². The highest BCUT2D eigenvalue weighted by Gasteiger charge is 2.70. The third kappa shape index (κ3) is 3.01. The fourth-order valence-electron chi connectivity index (χ4n) is 6.63. The van der Waals surface area contributed by atoms with Gasteiger partial charge in [-0.15, -0.1) is 11.3 Å². The summed E-state index contributed by atoms with van der Waals surface area (Å²) in [6.45, 7) is 1.97. The summed E-state index contributed by atoms with van der Waals surface area (Å²) >= 11 is 1.36. The number of fused-ring (bicyclic) bond motifs is 6. The number of carbonyl (C=O) groups excluding carboxylic acids is 3. The Hall–Kier alpha value is -4.29. The molecule has 1 aromatic heterocycles. The minimum atomic E-state index is -1.29. The van der Waals surface area contributed by atoms with E-state index in [2.05, 4.69) is 5.32 Å². The van der Waals surface area contributed by atoms with E-state index < -0.39 is 23.4 Å². The minimum absolute atomic E-state index is 0.145. The van der Waals surface area contributed by atoms with Gasteiger partial charge in [0.1, 0.15) is 11.5 Å². The van der Waals surface area contributed by atoms with Gasteiger partial charge in [-0.25, -0.2) is 0 Å². The van der Waals surface area contributed by atoms with Crippen LogP contribution in [0.1, 0.15) is 48.3 Å². The third-order valence-electron chi connectivity index (χ3n) is 8.22. The Kier molecular flexibility index (Phi) is 5.03. The Labute approximate surface area is 224 Å². The maximum atomic E-state index is 14.6. The lowest BCUT2D eigenvalue weighted by Gasteiger charge is -2.38. The van der Waals surface area contributed by atoms with Gasteiger partial charge in [-0.3, -0.25) is 14.4 Å². The topological polar surface area (TPSA) is 66.5 Å². The number of nitrogens with one attached hydrogen (secondary N) is 1. The van der Waals surface area contributed by atoms with Crippen molar-refractivity contribution in [3.05, 3.63) is 129 Å². The molecule has 0 aliphatic carbocycles. The smallest absolute Gasteiger partial charge is 0.238 e. The number of ketones is 2. The lowest BCUT2D eigenvalue weighted by molar-refractivity contribution is -0.122. The fraction of sp³-hybridized carbons (Fsp3) is 0.156. The first-order chi connectivity index (χ1) is 18.5. The average molecular weight is 517 g/mol. The summed E-state index contributed by atoms with van der Waals surface area (Å²) in [6.07, 6.45) is 3.88. The van der Waals surface area contributed by atoms with E-state index in [9.17, 15) is 14.4 Å². The highest BCUT2D eigenvalue weighted by molar-refractivity contribution is 7.12. The maximum absolute atomic E-state index is 14.6. The van der Waals surface area contributed by atoms with Crippen LogP contribution < -0.4 is 5.32 Å². The Morgan fingerprint density at radius 2 is 1.66 bits per heavy atom. The van der Waals surface area contributed by atoms with Gasteiger partial charge in [0.05, 0.1) is 16.8 Å². The summed E-state index contributed by atoms with van der Waals surface area (Å²) in [5.74, 6) is -1.53. The number of hydrogen-bond donors (Lipinski definition) is 1. The van der Waals surface area contributed by atoms with Gasteiger partial charge in [0.2, 0.25) is 5.91 Å². The second kappa shape index (κ2) is 8.36. The van der Waals surface area contributed by atoms with E-state index in [4.69, 9.17) is 0 Å². The number of anilines is 1. The van der Waals surface area contributed by atoms with E-state index in [1.165, 1.54) is 11.3 Å². The van der Waals surface area contributed by atoms with Gasteiger partial charge in [-0.2, -0.15) is 0 Å². The summed E-state index contributed by atoms with van der Waals surface area (Å²) < 4.78 is 0. The second-order valence-corrected chi connectivity index (χ2v) is 11.1. The van der Waals surface area contributed by atoms with Crippen molar-refractivity contribution in [2.75, 3.05) is 5.32 Å². The molecule has 0 saturated carbocycles. The van der Waals surface area contributed by atoms with E-state index in [0.29, 0.717) is 16.1 Å². The van der Waals surface area contributed by atoms with Crippen molar-refractivity contribution in [1.29, 1.82) is 0 Å². The molecule has 3 aliphatic rings. The van der Waals surface area contributed by atoms with Gasteiger partial charge in [-0.1, -0.05) is 78.4 Å². The molecule has 5 nitrogen and oxygen atoms in total. The van der Waals surface area contributed by atoms with Crippen molar-refractivity contribution in [2.45, 2.75) is 24.4 Å². The van der Waals surface area contributed by atoms with Crippen LogP contribution in [0.15, 0.2) is 96.5 Å². The van der Waals surface area contributed by atoms with Crippen LogP contribution in [0.25, 0.3) is 6.08 Å². The largest absolute Gasteiger partial charge is 0.358 e. The second-order valence-electron chi connectivity index (χ2n) is 10.2. The first-order valence-corrected chi connectivity index (χ1v) is 13.5. The van der Waals surface area contributed by atoms with E-state index in [-0.39, 0.29) is 17.5 Å². The van der Waals surface area contributed by atoms with Gasteiger partial charge in [0, 0.05) is 17.5 Å². The summed E-state index contributed by atoms with van der Waals surface area (Å²) in [7, 11) is 0. The summed E-state index contributed by atoms with van der Waals surface area (Å²) in [5, 5.41) is 4.95. The molecule has 1 fully saturated rings. The van der Waals surface area contributed by atoms with E-state index in [1.54, 1.807) is 18.2 Å². The Bertz CT molecular complexity index is 1640. The average Bonchev–Trinajstić information content (AvgIpc) is 3.65. The molecule has 4 aromatic rings. The number of hydrogen-bond acceptors (Lipinski definition) is 5. The molecule has 0 unspecified atom stereocenters. The van der Waals surface area contributed by atoms with Crippen molar-refractivity contribution < 1.29 is 14.4 Å². The summed E-state index contributed by atoms with van der Waals surface area (Å²) in [6, 6.07) is 25.2. The number of aryl methyl sites for hydroxylation is 1. The molecule has 6 heteroatoms. The number of nitrogens with zero attached hydrogens (tertiary/aromatic N) is 1. The number of Topliss-reactive ketones (excluding diaryl/α,β-unsaturated/α-hetero) is 2. The normalized spacial score (nSPS) is 24.6. The standard InChI is InChI=1S/C32H24N2O3S/c1-19-12-14-21(15-13-19)28(35)26-27(29(36)25-11-6-18-38-25)34-17-16-20-7-2-3-8-22(20)30(34)32(26)23-9-4-5-10-24(23)33-31(32)37/h2-18,26-27,30H,1H3,(H,33,37)/t26-,27+,30-,32-/m0/s1. The van der Waals surface area contributed by atoms with Crippen LogP contribution in [0, 0.1) is 12.8 Å². The zero-order valence-electron chi connectivity index (χ0n) is 20.6. The number of carbonyl (C=O) groups is 3. The van der Waals surface area contributed by atoms with E-state index >= 15 is 0 Å². The summed E-state index contributed by atoms with van der Waals surface area (Å²) in [5.41, 5.74) is 3.61. The predicted molar refractivity (Wildman–Crippen MR) is 148 cm³/mol. The fourth-order valence-corrected chi connectivity index (χ4v) is 7.33. The van der Waals surface area contributed by atoms with Crippen LogP contribution in [0.5, 0.6) is 0 Å². The quantitative estimate of drug-likeness (QED) is 0.336. The number of thiophene rings is 1. The summed E-state index contributed by atoms with van der Waals surface area (Å²) in [4.78, 5) is 45.8. The lowest BCUT2D eigenvalue weighted by atomic mass is 9.62. The minimum Gasteiger partial charge on any atom is -0.358 e. The molecule has 4 atom stereocenters. The van der Waals surface area contributed by atoms with Crippen molar-refractivity contribution in [1.82, 2.24) is 4.90 Å². The Morgan fingerprint density at radius 1 is 0.895 bits per heavy atom. The van der Waals surface area contributed by atoms with Crippen molar-refractivity contribution in [3.63, 3.8) is 0 Å². The molecule has 1 N–H and O–H groups in total. The molecule has 3 aliphatic heterocycles. The van der Waals surface area contributed by atoms with Gasteiger partial charge in [0.15, 0.2) is 11.6 Å². The number of benzene rings is 3. The SMILES string of the molecule is Cc1ccc(C(=O)[C@@H]2[C@H](C(=O)c3cccs3)N3C=Cc4ccccc4[C@H]3[C@@]23C(=O)Nc2ccccc23)cc1. The molecule has 0 radical (unpaired) electrons. The Balaban J connectivity index is 1.55. The zero-order chi connectivity index (χ0) is 26.0. The third-order valence-corrected chi connectivity index (χ3v) is 9.11. The number of amides is 1. The Morgan fingerprint density at radius 3 is 2.45 bits per heavy atom. The number of rotatable bonds is 4. The molecule has 1 amide bonds. The van der Waals surface area contributed by atoms with E-state index in [0.717, 1.165) is 22.3 Å². The van der Waals surface area contributed by atoms with Gasteiger partial charge in [0.25, 0.3) is 0 Å². The molecule has 7 rings (SSSR count). The monoisotopic (exact) mass is 516 g/mol. The molecule has 186 valence electrons. The molecular formula is C32H24N2O3S. The molecule has 4 heterocycles. The van der Waals surface area contributed by atoms with Gasteiger partial charge in [-0.05, 0) is 47.2 Å². The molecule has 38 heavy (non-hydrogen) atoms. The maximum Gasteiger partial charge on any atom is 0.238 e. The molecule has 1 saturated heterocycles. The van der Waals surface area contributed by atoms with Gasteiger partial charge < -0.3 is 10.2 Å². The first-order valence-electron chi connectivity index (χ1n) is 12.7. The first kappa shape index (κ1) is 22.9. The lowest BCUT2D eigenvalue weighted by Crippen LogP contribution is -2.49. The van der Waals surface area contributed by atoms with Crippen molar-refractivity contribution in [2.24, 2.45) is 5.92 Å². The zero-order valence-corrected chi connectivity index (χ0v) is 21.4. The number of para-hydroxylation sites is 1. The van der Waals surface area contributed by atoms with Crippen LogP contribution in [-0.2, 0) is 10.2 Å². The van der Waals surface area contributed by atoms with Crippen LogP contribution in [-0.4, -0.2) is 28.4 Å². The van der Waals surface area contributed by atoms with E-state index in [1.807, 2.05) is 96.2 Å². The van der Waals surface area contributed by atoms with Gasteiger partial charge >= 0.3 is 0 Å². The van der Waals surface area contributed by atoms with Crippen LogP contribution in [0.4, 0.5) is 5.69 Å². The highest BCUT2D eigenvalue weighted by Crippen LogP contribution is 2.62.